The van der Waals surface area contributed by atoms with Crippen molar-refractivity contribution in [3.05, 3.63) is 34.3 Å². The lowest BCUT2D eigenvalue weighted by Crippen LogP contribution is -2.36. The van der Waals surface area contributed by atoms with Crippen molar-refractivity contribution in [1.82, 2.24) is 10.6 Å². The lowest BCUT2D eigenvalue weighted by Gasteiger charge is -2.12. The molecule has 1 aromatic carbocycles. The maximum Gasteiger partial charge on any atom is 0.166 e. The van der Waals surface area contributed by atoms with Gasteiger partial charge in [-0.2, -0.15) is 0 Å². The van der Waals surface area contributed by atoms with Crippen molar-refractivity contribution in [1.29, 1.82) is 0 Å². The summed E-state index contributed by atoms with van der Waals surface area (Å²) in [4.78, 5) is 0. The van der Waals surface area contributed by atoms with E-state index in [1.807, 2.05) is 18.2 Å². The minimum Gasteiger partial charge on any atom is -0.362 e. The van der Waals surface area contributed by atoms with Gasteiger partial charge in [0.1, 0.15) is 0 Å². The maximum atomic E-state index is 5.18. The van der Waals surface area contributed by atoms with Gasteiger partial charge in [-0.05, 0) is 29.8 Å². The fraction of sp³-hybridized carbons (Fsp3) is 0.417. The number of rotatable bonds is 4. The third-order valence-electron chi connectivity index (χ3n) is 2.07. The van der Waals surface area contributed by atoms with Crippen molar-refractivity contribution in [2.24, 2.45) is 5.92 Å². The summed E-state index contributed by atoms with van der Waals surface area (Å²) in [6, 6.07) is 8.12. The highest BCUT2D eigenvalue weighted by Crippen LogP contribution is 2.15. The molecule has 0 saturated carbocycles. The van der Waals surface area contributed by atoms with E-state index >= 15 is 0 Å². The predicted molar refractivity (Wildman–Crippen MR) is 76.4 cm³/mol. The minimum absolute atomic E-state index is 0.600. The molecule has 88 valence electrons. The minimum atomic E-state index is 0.600. The van der Waals surface area contributed by atoms with Crippen LogP contribution in [0.5, 0.6) is 0 Å². The molecule has 0 spiro atoms. The van der Waals surface area contributed by atoms with Gasteiger partial charge < -0.3 is 10.6 Å². The molecule has 0 atom stereocenters. The van der Waals surface area contributed by atoms with Crippen LogP contribution in [0.4, 0.5) is 0 Å². The van der Waals surface area contributed by atoms with Crippen molar-refractivity contribution in [3.8, 4) is 0 Å². The molecule has 2 N–H and O–H groups in total. The van der Waals surface area contributed by atoms with Crippen LogP contribution in [0.2, 0.25) is 0 Å². The molecule has 0 aliphatic carbocycles. The van der Waals surface area contributed by atoms with E-state index in [0.29, 0.717) is 11.0 Å². The highest BCUT2D eigenvalue weighted by Gasteiger charge is 2.00. The van der Waals surface area contributed by atoms with Crippen LogP contribution in [0.25, 0.3) is 0 Å². The monoisotopic (exact) mass is 300 g/mol. The molecule has 1 rings (SSSR count). The fourth-order valence-corrected chi connectivity index (χ4v) is 1.76. The van der Waals surface area contributed by atoms with Crippen LogP contribution >= 0.6 is 28.1 Å². The van der Waals surface area contributed by atoms with Crippen LogP contribution in [0.3, 0.4) is 0 Å². The standard InChI is InChI=1S/C12H17BrN2S/c1-9(2)7-14-12(16)15-8-10-5-3-4-6-11(10)13/h3-6,9H,7-8H2,1-2H3,(H2,14,15,16). The highest BCUT2D eigenvalue weighted by molar-refractivity contribution is 9.10. The fourth-order valence-electron chi connectivity index (χ4n) is 1.18. The molecule has 0 bridgehead atoms. The Balaban J connectivity index is 2.35. The first-order chi connectivity index (χ1) is 7.59. The van der Waals surface area contributed by atoms with Crippen LogP contribution in [-0.2, 0) is 6.54 Å². The Hall–Kier alpha value is -0.610. The van der Waals surface area contributed by atoms with Crippen LogP contribution < -0.4 is 10.6 Å². The van der Waals surface area contributed by atoms with Gasteiger partial charge >= 0.3 is 0 Å². The molecule has 0 radical (unpaired) electrons. The average molecular weight is 301 g/mol. The SMILES string of the molecule is CC(C)CNC(=S)NCc1ccccc1Br. The van der Waals surface area contributed by atoms with Gasteiger partial charge in [0, 0.05) is 17.6 Å². The number of thiocarbonyl (C=S) groups is 1. The summed E-state index contributed by atoms with van der Waals surface area (Å²) in [5.41, 5.74) is 1.20. The number of hydrogen-bond donors (Lipinski definition) is 2. The van der Waals surface area contributed by atoms with Gasteiger partial charge in [0.05, 0.1) is 0 Å². The Kier molecular flexibility index (Phi) is 5.77. The van der Waals surface area contributed by atoms with Gasteiger partial charge in [0.15, 0.2) is 5.11 Å². The summed E-state index contributed by atoms with van der Waals surface area (Å²) >= 11 is 8.68. The van der Waals surface area contributed by atoms with E-state index < -0.39 is 0 Å². The Bertz CT molecular complexity index is 353. The van der Waals surface area contributed by atoms with E-state index in [1.165, 1.54) is 5.56 Å². The second-order valence-corrected chi connectivity index (χ2v) is 5.31. The van der Waals surface area contributed by atoms with Crippen LogP contribution in [-0.4, -0.2) is 11.7 Å². The van der Waals surface area contributed by atoms with Crippen LogP contribution in [0, 0.1) is 5.92 Å². The summed E-state index contributed by atoms with van der Waals surface area (Å²) in [5, 5.41) is 7.07. The molecule has 0 heterocycles. The Morgan fingerprint density at radius 3 is 2.62 bits per heavy atom. The zero-order chi connectivity index (χ0) is 12.0. The van der Waals surface area contributed by atoms with Gasteiger partial charge in [-0.1, -0.05) is 48.0 Å². The number of halogens is 1. The maximum absolute atomic E-state index is 5.18. The second-order valence-electron chi connectivity index (χ2n) is 4.05. The summed E-state index contributed by atoms with van der Waals surface area (Å²) in [6.45, 7) is 5.96. The second kappa shape index (κ2) is 6.86. The molecule has 0 unspecified atom stereocenters. The number of hydrogen-bond acceptors (Lipinski definition) is 1. The molecular formula is C12H17BrN2S. The van der Waals surface area contributed by atoms with E-state index in [2.05, 4.69) is 46.5 Å². The quantitative estimate of drug-likeness (QED) is 0.836. The van der Waals surface area contributed by atoms with E-state index in [1.54, 1.807) is 0 Å². The molecule has 0 aromatic heterocycles. The molecule has 0 amide bonds. The lowest BCUT2D eigenvalue weighted by atomic mass is 10.2. The summed E-state index contributed by atoms with van der Waals surface area (Å²) < 4.78 is 1.11. The zero-order valence-corrected chi connectivity index (χ0v) is 12.0. The lowest BCUT2D eigenvalue weighted by molar-refractivity contribution is 0.619. The van der Waals surface area contributed by atoms with Gasteiger partial charge in [0.2, 0.25) is 0 Å². The highest BCUT2D eigenvalue weighted by atomic mass is 79.9. The van der Waals surface area contributed by atoms with Gasteiger partial charge in [-0.15, -0.1) is 0 Å². The average Bonchev–Trinajstić information content (AvgIpc) is 2.25. The third-order valence-corrected chi connectivity index (χ3v) is 3.13. The third kappa shape index (κ3) is 4.94. The molecule has 0 aliphatic heterocycles. The first kappa shape index (κ1) is 13.5. The first-order valence-electron chi connectivity index (χ1n) is 5.34. The summed E-state index contributed by atoms with van der Waals surface area (Å²) in [6.07, 6.45) is 0. The molecule has 0 aliphatic rings. The number of nitrogens with one attached hydrogen (secondary N) is 2. The summed E-state index contributed by atoms with van der Waals surface area (Å²) in [5.74, 6) is 0.600. The normalized spacial score (nSPS) is 10.2. The molecular weight excluding hydrogens is 284 g/mol. The van der Waals surface area contributed by atoms with Crippen molar-refractivity contribution in [2.75, 3.05) is 6.54 Å². The van der Waals surface area contributed by atoms with Gasteiger partial charge in [-0.3, -0.25) is 0 Å². The number of benzene rings is 1. The Morgan fingerprint density at radius 2 is 2.00 bits per heavy atom. The van der Waals surface area contributed by atoms with Crippen molar-refractivity contribution in [2.45, 2.75) is 20.4 Å². The molecule has 4 heteroatoms. The Labute approximate surface area is 111 Å². The largest absolute Gasteiger partial charge is 0.362 e. The predicted octanol–water partition coefficient (Wildman–Crippen LogP) is 3.07. The molecule has 16 heavy (non-hydrogen) atoms. The van der Waals surface area contributed by atoms with Gasteiger partial charge in [-0.25, -0.2) is 0 Å². The van der Waals surface area contributed by atoms with Crippen molar-refractivity contribution >= 4 is 33.3 Å². The zero-order valence-electron chi connectivity index (χ0n) is 9.59. The smallest absolute Gasteiger partial charge is 0.166 e. The van der Waals surface area contributed by atoms with Gasteiger partial charge in [0.25, 0.3) is 0 Å². The van der Waals surface area contributed by atoms with E-state index in [9.17, 15) is 0 Å². The molecule has 1 aromatic rings. The first-order valence-corrected chi connectivity index (χ1v) is 6.55. The summed E-state index contributed by atoms with van der Waals surface area (Å²) in [7, 11) is 0. The molecule has 2 nitrogen and oxygen atoms in total. The van der Waals surface area contributed by atoms with E-state index in [0.717, 1.165) is 17.6 Å². The van der Waals surface area contributed by atoms with Crippen molar-refractivity contribution < 1.29 is 0 Å². The van der Waals surface area contributed by atoms with Crippen molar-refractivity contribution in [3.63, 3.8) is 0 Å². The van der Waals surface area contributed by atoms with Crippen LogP contribution in [0.1, 0.15) is 19.4 Å². The topological polar surface area (TPSA) is 24.1 Å². The van der Waals surface area contributed by atoms with E-state index in [4.69, 9.17) is 12.2 Å². The molecule has 0 saturated heterocycles. The van der Waals surface area contributed by atoms with Crippen LogP contribution in [0.15, 0.2) is 28.7 Å². The molecule has 0 fully saturated rings. The Morgan fingerprint density at radius 1 is 1.31 bits per heavy atom. The van der Waals surface area contributed by atoms with E-state index in [-0.39, 0.29) is 0 Å².